The van der Waals surface area contributed by atoms with Gasteiger partial charge in [-0.2, -0.15) is 5.26 Å². The standard InChI is InChI=1S/C41H33N3/c1-29(17-21-36(44)22-18-30(27-42)28-43)32-19-23-39-37(25-32)38-26-33(31-11-5-2-6-12-31)20-24-40(38)41(39,34-13-7-3-8-14-34)35-15-9-4-10-16-35/h2-21,23-27,36,42H,1,22,44H2/b21-17-,30-18+,42-27?. The van der Waals surface area contributed by atoms with Gasteiger partial charge < -0.3 is 11.1 Å². The molecule has 0 aromatic heterocycles. The maximum Gasteiger partial charge on any atom is 0.100 e. The quantitative estimate of drug-likeness (QED) is 0.104. The largest absolute Gasteiger partial charge is 0.324 e. The number of nitrogens with zero attached hydrogens (tertiary/aromatic N) is 1. The van der Waals surface area contributed by atoms with Crippen LogP contribution in [0.1, 0.15) is 34.2 Å². The molecule has 3 N–H and O–H groups in total. The smallest absolute Gasteiger partial charge is 0.100 e. The molecule has 212 valence electrons. The van der Waals surface area contributed by atoms with E-state index in [0.717, 1.165) is 17.4 Å². The van der Waals surface area contributed by atoms with E-state index in [-0.39, 0.29) is 6.04 Å². The van der Waals surface area contributed by atoms with Crippen molar-refractivity contribution < 1.29 is 0 Å². The van der Waals surface area contributed by atoms with Crippen LogP contribution in [-0.2, 0) is 5.41 Å². The molecule has 0 radical (unpaired) electrons. The van der Waals surface area contributed by atoms with Crippen LogP contribution in [0.4, 0.5) is 0 Å². The number of nitriles is 1. The van der Waals surface area contributed by atoms with E-state index in [1.165, 1.54) is 44.5 Å². The van der Waals surface area contributed by atoms with E-state index in [1.807, 2.05) is 24.3 Å². The van der Waals surface area contributed by atoms with E-state index in [2.05, 4.69) is 128 Å². The Morgan fingerprint density at radius 3 is 1.93 bits per heavy atom. The maximum absolute atomic E-state index is 9.07. The summed E-state index contributed by atoms with van der Waals surface area (Å²) in [7, 11) is 0. The summed E-state index contributed by atoms with van der Waals surface area (Å²) in [6, 6.07) is 47.4. The Kier molecular flexibility index (Phi) is 8.02. The fraction of sp³-hybridized carbons (Fsp3) is 0.0732. The fourth-order valence-corrected chi connectivity index (χ4v) is 6.32. The van der Waals surface area contributed by atoms with Crippen molar-refractivity contribution in [3.63, 3.8) is 0 Å². The van der Waals surface area contributed by atoms with Crippen LogP contribution in [0.25, 0.3) is 27.8 Å². The van der Waals surface area contributed by atoms with Gasteiger partial charge in [0.15, 0.2) is 0 Å². The lowest BCUT2D eigenvalue weighted by atomic mass is 9.67. The van der Waals surface area contributed by atoms with Crippen molar-refractivity contribution in [3.05, 3.63) is 186 Å². The zero-order valence-electron chi connectivity index (χ0n) is 24.4. The summed E-state index contributed by atoms with van der Waals surface area (Å²) in [5.74, 6) is 0. The third-order valence-corrected chi connectivity index (χ3v) is 8.47. The predicted octanol–water partition coefficient (Wildman–Crippen LogP) is 9.10. The molecule has 1 unspecified atom stereocenters. The highest BCUT2D eigenvalue weighted by molar-refractivity contribution is 5.91. The molecule has 0 fully saturated rings. The average molecular weight is 568 g/mol. The molecule has 0 amide bonds. The molecule has 44 heavy (non-hydrogen) atoms. The Balaban J connectivity index is 1.50. The first-order chi connectivity index (χ1) is 21.6. The fourth-order valence-electron chi connectivity index (χ4n) is 6.32. The summed E-state index contributed by atoms with van der Waals surface area (Å²) in [4.78, 5) is 0. The van der Waals surface area contributed by atoms with Crippen LogP contribution in [0.3, 0.4) is 0 Å². The monoisotopic (exact) mass is 567 g/mol. The topological polar surface area (TPSA) is 73.7 Å². The molecule has 0 spiro atoms. The zero-order chi connectivity index (χ0) is 30.5. The highest BCUT2D eigenvalue weighted by Gasteiger charge is 2.46. The number of hydrogen-bond donors (Lipinski definition) is 2. The van der Waals surface area contributed by atoms with Crippen LogP contribution in [-0.4, -0.2) is 12.3 Å². The lowest BCUT2D eigenvalue weighted by Crippen LogP contribution is -2.28. The number of allylic oxidation sites excluding steroid dienone is 3. The molecular formula is C41H33N3. The van der Waals surface area contributed by atoms with Gasteiger partial charge in [0.2, 0.25) is 0 Å². The molecule has 5 aromatic rings. The molecule has 0 heterocycles. The summed E-state index contributed by atoms with van der Waals surface area (Å²) in [6.45, 7) is 4.38. The van der Waals surface area contributed by atoms with Crippen molar-refractivity contribution in [2.45, 2.75) is 17.9 Å². The van der Waals surface area contributed by atoms with Gasteiger partial charge in [-0.25, -0.2) is 0 Å². The molecule has 3 heteroatoms. The van der Waals surface area contributed by atoms with Crippen molar-refractivity contribution in [2.24, 2.45) is 5.73 Å². The van der Waals surface area contributed by atoms with E-state index in [1.54, 1.807) is 6.08 Å². The van der Waals surface area contributed by atoms with Crippen molar-refractivity contribution >= 4 is 11.8 Å². The molecule has 3 nitrogen and oxygen atoms in total. The lowest BCUT2D eigenvalue weighted by Gasteiger charge is -2.34. The minimum absolute atomic E-state index is 0.289. The summed E-state index contributed by atoms with van der Waals surface area (Å²) >= 11 is 0. The first-order valence-electron chi connectivity index (χ1n) is 14.8. The van der Waals surface area contributed by atoms with E-state index >= 15 is 0 Å². The van der Waals surface area contributed by atoms with Gasteiger partial charge in [-0.05, 0) is 74.2 Å². The molecular weight excluding hydrogens is 534 g/mol. The zero-order valence-corrected chi connectivity index (χ0v) is 24.4. The summed E-state index contributed by atoms with van der Waals surface area (Å²) < 4.78 is 0. The third kappa shape index (κ3) is 5.13. The predicted molar refractivity (Wildman–Crippen MR) is 182 cm³/mol. The van der Waals surface area contributed by atoms with Crippen molar-refractivity contribution in [1.29, 1.82) is 10.7 Å². The Morgan fingerprint density at radius 2 is 1.34 bits per heavy atom. The normalized spacial score (nSPS) is 14.0. The van der Waals surface area contributed by atoms with Crippen LogP contribution >= 0.6 is 0 Å². The van der Waals surface area contributed by atoms with Gasteiger partial charge in [-0.3, -0.25) is 0 Å². The third-order valence-electron chi connectivity index (χ3n) is 8.47. The molecule has 1 aliphatic carbocycles. The number of fused-ring (bicyclic) bond motifs is 3. The maximum atomic E-state index is 9.07. The second kappa shape index (κ2) is 12.4. The lowest BCUT2D eigenvalue weighted by molar-refractivity contribution is 0.768. The first-order valence-corrected chi connectivity index (χ1v) is 14.8. The molecule has 0 bridgehead atoms. The van der Waals surface area contributed by atoms with Crippen molar-refractivity contribution in [3.8, 4) is 28.3 Å². The molecule has 0 saturated carbocycles. The summed E-state index contributed by atoms with van der Waals surface area (Å²) in [6.07, 6.45) is 7.07. The number of nitrogens with two attached hydrogens (primary N) is 1. The second-order valence-corrected chi connectivity index (χ2v) is 11.1. The molecule has 1 atom stereocenters. The molecule has 6 rings (SSSR count). The number of nitrogens with one attached hydrogen (secondary N) is 1. The van der Waals surface area contributed by atoms with Gasteiger partial charge in [0.1, 0.15) is 6.07 Å². The van der Waals surface area contributed by atoms with Gasteiger partial charge in [0.25, 0.3) is 0 Å². The van der Waals surface area contributed by atoms with Crippen LogP contribution < -0.4 is 5.73 Å². The van der Waals surface area contributed by atoms with Gasteiger partial charge in [-0.1, -0.05) is 140 Å². The minimum atomic E-state index is -0.472. The highest BCUT2D eigenvalue weighted by Crippen LogP contribution is 2.57. The Hall–Kier alpha value is -5.56. The van der Waals surface area contributed by atoms with E-state index in [4.69, 9.17) is 16.4 Å². The van der Waals surface area contributed by atoms with Crippen molar-refractivity contribution in [1.82, 2.24) is 0 Å². The average Bonchev–Trinajstić information content (AvgIpc) is 3.38. The molecule has 5 aromatic carbocycles. The number of rotatable bonds is 9. The summed E-state index contributed by atoms with van der Waals surface area (Å²) in [5, 5.41) is 16.4. The molecule has 0 aliphatic heterocycles. The second-order valence-electron chi connectivity index (χ2n) is 11.1. The Bertz CT molecular complexity index is 1890. The summed E-state index contributed by atoms with van der Waals surface area (Å²) in [5.41, 5.74) is 17.7. The first kappa shape index (κ1) is 28.6. The van der Waals surface area contributed by atoms with Crippen LogP contribution in [0.15, 0.2) is 158 Å². The van der Waals surface area contributed by atoms with E-state index in [9.17, 15) is 0 Å². The van der Waals surface area contributed by atoms with Crippen molar-refractivity contribution in [2.75, 3.05) is 0 Å². The van der Waals surface area contributed by atoms with Crippen LogP contribution in [0.5, 0.6) is 0 Å². The van der Waals surface area contributed by atoms with Gasteiger partial charge in [0, 0.05) is 12.3 Å². The molecule has 0 saturated heterocycles. The Morgan fingerprint density at radius 1 is 0.773 bits per heavy atom. The van der Waals surface area contributed by atoms with Crippen LogP contribution in [0, 0.1) is 16.7 Å². The SMILES string of the molecule is C=C(/C=C\C(N)C/C=C(/C#N)C=N)c1ccc2c(c1)-c1cc(-c3ccccc3)ccc1C2(c1ccccc1)c1ccccc1. The van der Waals surface area contributed by atoms with E-state index in [0.29, 0.717) is 12.0 Å². The Labute approximate surface area is 259 Å². The molecule has 1 aliphatic rings. The van der Waals surface area contributed by atoms with Gasteiger partial charge >= 0.3 is 0 Å². The van der Waals surface area contributed by atoms with Gasteiger partial charge in [0.05, 0.1) is 11.0 Å². The highest BCUT2D eigenvalue weighted by atomic mass is 14.6. The number of benzene rings is 5. The van der Waals surface area contributed by atoms with E-state index < -0.39 is 5.41 Å². The number of hydrogen-bond acceptors (Lipinski definition) is 3. The van der Waals surface area contributed by atoms with Gasteiger partial charge in [-0.15, -0.1) is 0 Å². The van der Waals surface area contributed by atoms with Crippen LogP contribution in [0.2, 0.25) is 0 Å². The minimum Gasteiger partial charge on any atom is -0.324 e.